The van der Waals surface area contributed by atoms with Crippen LogP contribution in [0.25, 0.3) is 0 Å². The summed E-state index contributed by atoms with van der Waals surface area (Å²) in [6, 6.07) is 15.9. The van der Waals surface area contributed by atoms with E-state index in [0.717, 1.165) is 12.1 Å². The van der Waals surface area contributed by atoms with Gasteiger partial charge >= 0.3 is 18.0 Å². The van der Waals surface area contributed by atoms with Crippen LogP contribution in [0.1, 0.15) is 26.3 Å². The highest BCUT2D eigenvalue weighted by atomic mass is 19.4. The van der Waals surface area contributed by atoms with E-state index in [9.17, 15) is 40.3 Å². The number of carbonyl (C=O) groups is 2. The second-order valence-electron chi connectivity index (χ2n) is 7.09. The van der Waals surface area contributed by atoms with Gasteiger partial charge in [-0.1, -0.05) is 36.4 Å². The highest BCUT2D eigenvalue weighted by molar-refractivity contribution is 6.07. The van der Waals surface area contributed by atoms with E-state index >= 15 is 0 Å². The SMILES string of the molecule is O=C(Nc1cccc(C(=O)Nc2ccc(C(F)(C(F)(F)F)C(F)(F)F)cc2)c1)c1ccccc1. The topological polar surface area (TPSA) is 58.2 Å². The van der Waals surface area contributed by atoms with Gasteiger partial charge in [0.05, 0.1) is 0 Å². The van der Waals surface area contributed by atoms with Crippen molar-refractivity contribution in [2.45, 2.75) is 18.0 Å². The number of nitrogens with one attached hydrogen (secondary N) is 2. The summed E-state index contributed by atoms with van der Waals surface area (Å²) < 4.78 is 91.3. The normalized spacial score (nSPS) is 12.2. The first-order chi connectivity index (χ1) is 15.8. The van der Waals surface area contributed by atoms with E-state index in [1.165, 1.54) is 24.3 Å². The Morgan fingerprint density at radius 2 is 1.06 bits per heavy atom. The lowest BCUT2D eigenvalue weighted by Gasteiger charge is -2.30. The molecular weight excluding hydrogens is 469 g/mol. The number of hydrogen-bond donors (Lipinski definition) is 2. The van der Waals surface area contributed by atoms with Gasteiger partial charge in [-0.3, -0.25) is 9.59 Å². The molecule has 0 spiro atoms. The summed E-state index contributed by atoms with van der Waals surface area (Å²) in [6.45, 7) is 0. The van der Waals surface area contributed by atoms with E-state index in [2.05, 4.69) is 10.6 Å². The van der Waals surface area contributed by atoms with Gasteiger partial charge in [0, 0.05) is 28.1 Å². The molecule has 0 bridgehead atoms. The van der Waals surface area contributed by atoms with Crippen LogP contribution in [0.4, 0.5) is 42.1 Å². The highest BCUT2D eigenvalue weighted by Crippen LogP contribution is 2.53. The standard InChI is InChI=1S/C23H15F7N2O2/c24-21(22(25,26)27,23(28,29)30)16-9-11-17(12-10-16)31-20(34)15-7-4-8-18(13-15)32-19(33)14-5-2-1-3-6-14/h1-13H,(H,31,34)(H,32,33). The molecule has 3 aromatic rings. The summed E-state index contributed by atoms with van der Waals surface area (Å²) in [4.78, 5) is 24.7. The fourth-order valence-corrected chi connectivity index (χ4v) is 3.01. The van der Waals surface area contributed by atoms with E-state index in [1.807, 2.05) is 0 Å². The largest absolute Gasteiger partial charge is 0.435 e. The monoisotopic (exact) mass is 484 g/mol. The van der Waals surface area contributed by atoms with Crippen molar-refractivity contribution in [2.75, 3.05) is 10.6 Å². The third-order valence-corrected chi connectivity index (χ3v) is 4.74. The van der Waals surface area contributed by atoms with Crippen molar-refractivity contribution in [3.63, 3.8) is 0 Å². The summed E-state index contributed by atoms with van der Waals surface area (Å²) in [7, 11) is 0. The molecule has 34 heavy (non-hydrogen) atoms. The van der Waals surface area contributed by atoms with Crippen molar-refractivity contribution in [3.05, 3.63) is 95.6 Å². The summed E-state index contributed by atoms with van der Waals surface area (Å²) in [5, 5.41) is 4.89. The van der Waals surface area contributed by atoms with Gasteiger partial charge in [0.1, 0.15) is 0 Å². The summed E-state index contributed by atoms with van der Waals surface area (Å²) in [5.74, 6) is -1.19. The third-order valence-electron chi connectivity index (χ3n) is 4.74. The number of carbonyl (C=O) groups excluding carboxylic acids is 2. The van der Waals surface area contributed by atoms with Gasteiger partial charge in [-0.15, -0.1) is 0 Å². The summed E-state index contributed by atoms with van der Waals surface area (Å²) in [5.41, 5.74) is -6.71. The van der Waals surface area contributed by atoms with E-state index in [4.69, 9.17) is 0 Å². The van der Waals surface area contributed by atoms with Gasteiger partial charge in [0.15, 0.2) is 0 Å². The first-order valence-electron chi connectivity index (χ1n) is 9.53. The van der Waals surface area contributed by atoms with Gasteiger partial charge < -0.3 is 10.6 Å². The zero-order valence-electron chi connectivity index (χ0n) is 17.0. The Bertz CT molecular complexity index is 1160. The number of anilines is 2. The van der Waals surface area contributed by atoms with Gasteiger partial charge in [-0.2, -0.15) is 26.3 Å². The van der Waals surface area contributed by atoms with Gasteiger partial charge in [-0.05, 0) is 42.5 Å². The van der Waals surface area contributed by atoms with Crippen LogP contribution in [0.15, 0.2) is 78.9 Å². The van der Waals surface area contributed by atoms with Crippen molar-refractivity contribution in [1.29, 1.82) is 0 Å². The van der Waals surface area contributed by atoms with Crippen molar-refractivity contribution in [2.24, 2.45) is 0 Å². The first-order valence-corrected chi connectivity index (χ1v) is 9.53. The van der Waals surface area contributed by atoms with E-state index in [0.29, 0.717) is 17.7 Å². The molecule has 0 aromatic heterocycles. The molecule has 0 atom stereocenters. The molecule has 0 aliphatic rings. The Morgan fingerprint density at radius 1 is 0.559 bits per heavy atom. The Labute approximate surface area is 188 Å². The average molecular weight is 484 g/mol. The predicted octanol–water partition coefficient (Wildman–Crippen LogP) is 6.48. The molecule has 0 fully saturated rings. The second-order valence-corrected chi connectivity index (χ2v) is 7.09. The van der Waals surface area contributed by atoms with Crippen molar-refractivity contribution in [1.82, 2.24) is 0 Å². The zero-order valence-corrected chi connectivity index (χ0v) is 17.0. The summed E-state index contributed by atoms with van der Waals surface area (Å²) >= 11 is 0. The number of rotatable bonds is 5. The lowest BCUT2D eigenvalue weighted by Crippen LogP contribution is -2.50. The molecular formula is C23H15F7N2O2. The first kappa shape index (κ1) is 24.7. The highest BCUT2D eigenvalue weighted by Gasteiger charge is 2.73. The Morgan fingerprint density at radius 3 is 1.62 bits per heavy atom. The Kier molecular flexibility index (Phi) is 6.67. The van der Waals surface area contributed by atoms with Gasteiger partial charge in [-0.25, -0.2) is 4.39 Å². The molecule has 2 amide bonds. The number of halogens is 7. The molecule has 0 unspecified atom stereocenters. The molecule has 0 aliphatic heterocycles. The van der Waals surface area contributed by atoms with Crippen LogP contribution in [0.3, 0.4) is 0 Å². The van der Waals surface area contributed by atoms with Crippen LogP contribution in [-0.4, -0.2) is 24.2 Å². The smallest absolute Gasteiger partial charge is 0.322 e. The Balaban J connectivity index is 1.75. The van der Waals surface area contributed by atoms with Gasteiger partial charge in [0.25, 0.3) is 11.8 Å². The molecule has 11 heteroatoms. The minimum absolute atomic E-state index is 0.0420. The second kappa shape index (κ2) is 9.16. The molecule has 0 saturated heterocycles. The lowest BCUT2D eigenvalue weighted by molar-refractivity contribution is -0.348. The van der Waals surface area contributed by atoms with Crippen molar-refractivity contribution in [3.8, 4) is 0 Å². The summed E-state index contributed by atoms with van der Waals surface area (Å²) in [6.07, 6.45) is -12.5. The minimum atomic E-state index is -6.24. The van der Waals surface area contributed by atoms with Crippen LogP contribution in [0.2, 0.25) is 0 Å². The molecule has 0 heterocycles. The fraction of sp³-hybridized carbons (Fsp3) is 0.130. The molecule has 2 N–H and O–H groups in total. The maximum atomic E-state index is 14.1. The minimum Gasteiger partial charge on any atom is -0.322 e. The van der Waals surface area contributed by atoms with Gasteiger partial charge in [0.2, 0.25) is 0 Å². The predicted molar refractivity (Wildman–Crippen MR) is 110 cm³/mol. The number of amides is 2. The van der Waals surface area contributed by atoms with Crippen LogP contribution >= 0.6 is 0 Å². The number of alkyl halides is 7. The number of benzene rings is 3. The van der Waals surface area contributed by atoms with Crippen molar-refractivity contribution >= 4 is 23.2 Å². The van der Waals surface area contributed by atoms with Crippen LogP contribution in [0.5, 0.6) is 0 Å². The zero-order chi connectivity index (χ0) is 25.1. The molecule has 3 aromatic carbocycles. The molecule has 3 rings (SSSR count). The average Bonchev–Trinajstić information content (AvgIpc) is 2.78. The van der Waals surface area contributed by atoms with Crippen molar-refractivity contribution < 1.29 is 40.3 Å². The molecule has 0 aliphatic carbocycles. The fourth-order valence-electron chi connectivity index (χ4n) is 3.01. The van der Waals surface area contributed by atoms with E-state index in [-0.39, 0.29) is 16.9 Å². The van der Waals surface area contributed by atoms with Crippen LogP contribution < -0.4 is 10.6 Å². The van der Waals surface area contributed by atoms with E-state index < -0.39 is 35.4 Å². The molecule has 178 valence electrons. The maximum Gasteiger partial charge on any atom is 0.435 e. The quantitative estimate of drug-likeness (QED) is 0.408. The van der Waals surface area contributed by atoms with Crippen LogP contribution in [0, 0.1) is 0 Å². The van der Waals surface area contributed by atoms with Crippen LogP contribution in [-0.2, 0) is 5.67 Å². The third kappa shape index (κ3) is 5.03. The molecule has 4 nitrogen and oxygen atoms in total. The van der Waals surface area contributed by atoms with E-state index in [1.54, 1.807) is 30.3 Å². The lowest BCUT2D eigenvalue weighted by atomic mass is 9.94. The molecule has 0 saturated carbocycles. The molecule has 0 radical (unpaired) electrons. The maximum absolute atomic E-state index is 14.1. The number of hydrogen-bond acceptors (Lipinski definition) is 2. The Hall–Kier alpha value is -3.89.